The molecule has 1 saturated carbocycles. The van der Waals surface area contributed by atoms with Crippen LogP contribution in [0.3, 0.4) is 0 Å². The van der Waals surface area contributed by atoms with Crippen LogP contribution in [0.5, 0.6) is 0 Å². The number of nitrogens with zero attached hydrogens (tertiary/aromatic N) is 2. The molecule has 0 radical (unpaired) electrons. The topological polar surface area (TPSA) is 86.8 Å². The van der Waals surface area contributed by atoms with E-state index in [9.17, 15) is 18.0 Å². The van der Waals surface area contributed by atoms with Gasteiger partial charge in [0.25, 0.3) is 10.0 Å². The monoisotopic (exact) mass is 623 g/mol. The summed E-state index contributed by atoms with van der Waals surface area (Å²) < 4.78 is 29.3. The Kier molecular flexibility index (Phi) is 10.9. The highest BCUT2D eigenvalue weighted by molar-refractivity contribution is 7.92. The van der Waals surface area contributed by atoms with Gasteiger partial charge in [-0.15, -0.1) is 0 Å². The Morgan fingerprint density at radius 3 is 2.26 bits per heavy atom. The van der Waals surface area contributed by atoms with Gasteiger partial charge in [0.1, 0.15) is 12.6 Å². The van der Waals surface area contributed by atoms with Crippen molar-refractivity contribution < 1.29 is 18.0 Å². The van der Waals surface area contributed by atoms with Crippen molar-refractivity contribution in [3.63, 3.8) is 0 Å². The van der Waals surface area contributed by atoms with Gasteiger partial charge >= 0.3 is 0 Å². The molecule has 9 heteroatoms. The summed E-state index contributed by atoms with van der Waals surface area (Å²) in [6.07, 6.45) is 5.55. The third kappa shape index (κ3) is 8.18. The lowest BCUT2D eigenvalue weighted by atomic mass is 9.95. The van der Waals surface area contributed by atoms with E-state index < -0.39 is 28.5 Å². The fourth-order valence-electron chi connectivity index (χ4n) is 5.61. The van der Waals surface area contributed by atoms with E-state index >= 15 is 0 Å². The van der Waals surface area contributed by atoms with Gasteiger partial charge in [-0.3, -0.25) is 13.9 Å². The van der Waals surface area contributed by atoms with E-state index in [1.165, 1.54) is 24.3 Å². The number of carbonyl (C=O) groups is 2. The summed E-state index contributed by atoms with van der Waals surface area (Å²) in [5.41, 5.74) is 4.19. The molecule has 0 heterocycles. The maximum absolute atomic E-state index is 14.3. The smallest absolute Gasteiger partial charge is 0.264 e. The minimum atomic E-state index is -4.16. The standard InChI is InChI=1S/C34H42ClN3O4S/c1-5-32(34(40)36-29-12-7-6-8-13-29)37(22-27-11-9-10-24(2)20-27)33(39)23-38(30-17-14-25(3)26(4)21-30)43(41,42)31-18-15-28(35)16-19-31/h9-11,14-21,29,32H,5-8,12-13,22-23H2,1-4H3,(H,36,40). The summed E-state index contributed by atoms with van der Waals surface area (Å²) in [4.78, 5) is 29.6. The first kappa shape index (κ1) is 32.6. The fourth-order valence-corrected chi connectivity index (χ4v) is 7.15. The maximum atomic E-state index is 14.3. The van der Waals surface area contributed by atoms with Gasteiger partial charge in [-0.2, -0.15) is 0 Å². The van der Waals surface area contributed by atoms with Crippen LogP contribution in [0.1, 0.15) is 67.7 Å². The molecule has 230 valence electrons. The molecule has 4 rings (SSSR count). The quantitative estimate of drug-likeness (QED) is 0.257. The van der Waals surface area contributed by atoms with Gasteiger partial charge in [-0.05, 0) is 93.1 Å². The summed E-state index contributed by atoms with van der Waals surface area (Å²) in [7, 11) is -4.16. The summed E-state index contributed by atoms with van der Waals surface area (Å²) in [5, 5.41) is 3.59. The van der Waals surface area contributed by atoms with E-state index in [0.29, 0.717) is 17.1 Å². The number of hydrogen-bond donors (Lipinski definition) is 1. The molecule has 1 atom stereocenters. The number of anilines is 1. The molecule has 1 N–H and O–H groups in total. The van der Waals surface area contributed by atoms with Gasteiger partial charge in [-0.25, -0.2) is 8.42 Å². The summed E-state index contributed by atoms with van der Waals surface area (Å²) in [6, 6.07) is 18.4. The lowest BCUT2D eigenvalue weighted by molar-refractivity contribution is -0.140. The van der Waals surface area contributed by atoms with Gasteiger partial charge in [-0.1, -0.05) is 73.7 Å². The van der Waals surface area contributed by atoms with E-state index in [0.717, 1.165) is 58.7 Å². The first-order valence-corrected chi connectivity index (χ1v) is 16.8. The number of rotatable bonds is 11. The van der Waals surface area contributed by atoms with Crippen molar-refractivity contribution in [2.45, 2.75) is 89.7 Å². The zero-order valence-electron chi connectivity index (χ0n) is 25.5. The molecule has 1 aliphatic rings. The molecule has 0 aromatic heterocycles. The van der Waals surface area contributed by atoms with Crippen LogP contribution in [-0.4, -0.2) is 43.8 Å². The van der Waals surface area contributed by atoms with Gasteiger partial charge in [0.15, 0.2) is 0 Å². The first-order valence-electron chi connectivity index (χ1n) is 15.0. The lowest BCUT2D eigenvalue weighted by Crippen LogP contribution is -2.54. The van der Waals surface area contributed by atoms with E-state index in [-0.39, 0.29) is 23.4 Å². The number of carbonyl (C=O) groups excluding carboxylic acids is 2. The summed E-state index contributed by atoms with van der Waals surface area (Å²) >= 11 is 6.05. The normalized spacial score (nSPS) is 14.6. The van der Waals surface area contributed by atoms with Crippen molar-refractivity contribution in [1.82, 2.24) is 10.2 Å². The first-order chi connectivity index (χ1) is 20.5. The number of hydrogen-bond acceptors (Lipinski definition) is 4. The molecule has 0 aliphatic heterocycles. The minimum absolute atomic E-state index is 0.0234. The minimum Gasteiger partial charge on any atom is -0.352 e. The van der Waals surface area contributed by atoms with E-state index in [1.807, 2.05) is 58.0 Å². The second-order valence-electron chi connectivity index (χ2n) is 11.5. The highest BCUT2D eigenvalue weighted by Crippen LogP contribution is 2.28. The van der Waals surface area contributed by atoms with Crippen LogP contribution in [0.25, 0.3) is 0 Å². The van der Waals surface area contributed by atoms with Crippen molar-refractivity contribution in [3.8, 4) is 0 Å². The van der Waals surface area contributed by atoms with Gasteiger partial charge in [0, 0.05) is 17.6 Å². The number of amides is 2. The van der Waals surface area contributed by atoms with Crippen LogP contribution in [0, 0.1) is 20.8 Å². The molecule has 43 heavy (non-hydrogen) atoms. The molecule has 0 spiro atoms. The Labute approximate surface area is 261 Å². The number of sulfonamides is 1. The molecule has 3 aromatic carbocycles. The highest BCUT2D eigenvalue weighted by atomic mass is 35.5. The Morgan fingerprint density at radius 1 is 0.930 bits per heavy atom. The third-order valence-electron chi connectivity index (χ3n) is 8.23. The van der Waals surface area contributed by atoms with E-state index in [2.05, 4.69) is 5.32 Å². The van der Waals surface area contributed by atoms with Crippen molar-refractivity contribution in [3.05, 3.63) is 94.0 Å². The molecule has 7 nitrogen and oxygen atoms in total. The predicted octanol–water partition coefficient (Wildman–Crippen LogP) is 6.72. The van der Waals surface area contributed by atoms with Crippen LogP contribution in [0.2, 0.25) is 5.02 Å². The van der Waals surface area contributed by atoms with Crippen molar-refractivity contribution >= 4 is 39.1 Å². The number of halogens is 1. The Morgan fingerprint density at radius 2 is 1.63 bits per heavy atom. The number of nitrogens with one attached hydrogen (secondary N) is 1. The Hall–Kier alpha value is -3.36. The zero-order chi connectivity index (χ0) is 31.1. The number of benzene rings is 3. The second kappa shape index (κ2) is 14.4. The average Bonchev–Trinajstić information content (AvgIpc) is 2.98. The molecule has 2 amide bonds. The van der Waals surface area contributed by atoms with Crippen molar-refractivity contribution in [2.75, 3.05) is 10.8 Å². The van der Waals surface area contributed by atoms with Crippen LogP contribution in [0.4, 0.5) is 5.69 Å². The molecule has 3 aromatic rings. The fraction of sp³-hybridized carbons (Fsp3) is 0.412. The Bertz CT molecular complexity index is 1540. The second-order valence-corrected chi connectivity index (χ2v) is 13.8. The van der Waals surface area contributed by atoms with Gasteiger partial charge in [0.05, 0.1) is 10.6 Å². The Balaban J connectivity index is 1.72. The molecule has 1 fully saturated rings. The predicted molar refractivity (Wildman–Crippen MR) is 173 cm³/mol. The van der Waals surface area contributed by atoms with Crippen LogP contribution in [0.15, 0.2) is 71.6 Å². The average molecular weight is 624 g/mol. The van der Waals surface area contributed by atoms with Crippen molar-refractivity contribution in [2.24, 2.45) is 0 Å². The summed E-state index contributed by atoms with van der Waals surface area (Å²) in [6.45, 7) is 7.42. The van der Waals surface area contributed by atoms with Crippen LogP contribution < -0.4 is 9.62 Å². The molecule has 1 unspecified atom stereocenters. The largest absolute Gasteiger partial charge is 0.352 e. The van der Waals surface area contributed by atoms with E-state index in [4.69, 9.17) is 11.6 Å². The highest BCUT2D eigenvalue weighted by Gasteiger charge is 2.34. The van der Waals surface area contributed by atoms with E-state index in [1.54, 1.807) is 17.0 Å². The third-order valence-corrected chi connectivity index (χ3v) is 10.3. The molecule has 0 bridgehead atoms. The molecule has 1 aliphatic carbocycles. The zero-order valence-corrected chi connectivity index (χ0v) is 27.0. The van der Waals surface area contributed by atoms with Gasteiger partial charge < -0.3 is 10.2 Å². The lowest BCUT2D eigenvalue weighted by Gasteiger charge is -2.34. The number of aryl methyl sites for hydroxylation is 3. The maximum Gasteiger partial charge on any atom is 0.264 e. The van der Waals surface area contributed by atoms with Crippen molar-refractivity contribution in [1.29, 1.82) is 0 Å². The molecule has 0 saturated heterocycles. The molecular formula is C34H42ClN3O4S. The SMILES string of the molecule is CCC(C(=O)NC1CCCCC1)N(Cc1cccc(C)c1)C(=O)CN(c1ccc(C)c(C)c1)S(=O)(=O)c1ccc(Cl)cc1. The summed E-state index contributed by atoms with van der Waals surface area (Å²) in [5.74, 6) is -0.656. The van der Waals surface area contributed by atoms with Crippen LogP contribution >= 0.6 is 11.6 Å². The molecular weight excluding hydrogens is 582 g/mol. The van der Waals surface area contributed by atoms with Gasteiger partial charge in [0.2, 0.25) is 11.8 Å². The van der Waals surface area contributed by atoms with Crippen LogP contribution in [-0.2, 0) is 26.2 Å².